The summed E-state index contributed by atoms with van der Waals surface area (Å²) in [6.07, 6.45) is 2.89. The third kappa shape index (κ3) is 3.14. The molecule has 0 atom stereocenters. The normalized spacial score (nSPS) is 15.3. The summed E-state index contributed by atoms with van der Waals surface area (Å²) in [7, 11) is 0. The zero-order chi connectivity index (χ0) is 12.1. The number of hydrogen-bond donors (Lipinski definition) is 0. The first-order valence-electron chi connectivity index (χ1n) is 5.87. The van der Waals surface area contributed by atoms with Crippen molar-refractivity contribution in [3.8, 4) is 11.5 Å². The zero-order valence-corrected chi connectivity index (χ0v) is 10.2. The number of nitrogens with zero attached hydrogens (tertiary/aromatic N) is 1. The maximum atomic E-state index is 5.54. The number of hydrogen-bond acceptors (Lipinski definition) is 4. The van der Waals surface area contributed by atoms with Gasteiger partial charge in [-0.3, -0.25) is 0 Å². The van der Waals surface area contributed by atoms with E-state index in [1.807, 2.05) is 44.2 Å². The van der Waals surface area contributed by atoms with Crippen molar-refractivity contribution in [2.24, 2.45) is 0 Å². The van der Waals surface area contributed by atoms with Crippen molar-refractivity contribution in [3.63, 3.8) is 0 Å². The molecule has 0 amide bonds. The van der Waals surface area contributed by atoms with Gasteiger partial charge in [-0.05, 0) is 37.3 Å². The van der Waals surface area contributed by atoms with E-state index in [2.05, 4.69) is 0 Å². The molecular weight excluding hydrogens is 218 g/mol. The van der Waals surface area contributed by atoms with Gasteiger partial charge in [-0.25, -0.2) is 0 Å². The average Bonchev–Trinajstić information content (AvgIpc) is 2.80. The van der Waals surface area contributed by atoms with E-state index >= 15 is 0 Å². The minimum atomic E-state index is 0.649. The molecule has 4 heteroatoms. The smallest absolute Gasteiger partial charge is 0.151 e. The number of allylic oxidation sites excluding steroid dienone is 1. The molecule has 1 heterocycles. The third-order valence-corrected chi connectivity index (χ3v) is 2.38. The van der Waals surface area contributed by atoms with Crippen LogP contribution in [0.15, 0.2) is 36.1 Å². The Morgan fingerprint density at radius 2 is 1.88 bits per heavy atom. The number of hydroxylamine groups is 2. The van der Waals surface area contributed by atoms with E-state index in [9.17, 15) is 0 Å². The molecule has 1 aromatic carbocycles. The molecule has 0 aliphatic carbocycles. The lowest BCUT2D eigenvalue weighted by Gasteiger charge is -2.16. The highest BCUT2D eigenvalue weighted by atomic mass is 17.0. The van der Waals surface area contributed by atoms with E-state index in [0.29, 0.717) is 13.2 Å². The van der Waals surface area contributed by atoms with Crippen molar-refractivity contribution in [2.75, 3.05) is 13.2 Å². The van der Waals surface area contributed by atoms with E-state index < -0.39 is 0 Å². The van der Waals surface area contributed by atoms with E-state index in [1.54, 1.807) is 0 Å². The van der Waals surface area contributed by atoms with Gasteiger partial charge in [-0.2, -0.15) is 0 Å². The van der Waals surface area contributed by atoms with Crippen LogP contribution in [0, 0.1) is 0 Å². The lowest BCUT2D eigenvalue weighted by Crippen LogP contribution is -2.22. The predicted molar refractivity (Wildman–Crippen MR) is 64.4 cm³/mol. The molecule has 0 unspecified atom stereocenters. The van der Waals surface area contributed by atoms with Crippen LogP contribution in [-0.2, 0) is 4.84 Å². The molecule has 1 aromatic rings. The quantitative estimate of drug-likeness (QED) is 0.785. The fraction of sp³-hybridized carbons (Fsp3) is 0.385. The van der Waals surface area contributed by atoms with E-state index in [-0.39, 0.29) is 0 Å². The molecular formula is C13H17NO3. The molecule has 92 valence electrons. The molecule has 0 radical (unpaired) electrons. The molecule has 1 aliphatic heterocycles. The Morgan fingerprint density at radius 3 is 2.47 bits per heavy atom. The molecule has 0 saturated heterocycles. The summed E-state index contributed by atoms with van der Waals surface area (Å²) < 4.78 is 5.35. The summed E-state index contributed by atoms with van der Waals surface area (Å²) in [4.78, 5) is 11.0. The van der Waals surface area contributed by atoms with Gasteiger partial charge in [0.2, 0.25) is 0 Å². The van der Waals surface area contributed by atoms with Crippen molar-refractivity contribution in [3.05, 3.63) is 36.1 Å². The maximum Gasteiger partial charge on any atom is 0.151 e. The second kappa shape index (κ2) is 5.59. The number of ether oxygens (including phenoxy) is 1. The largest absolute Gasteiger partial charge is 0.494 e. The van der Waals surface area contributed by atoms with Gasteiger partial charge >= 0.3 is 0 Å². The molecule has 1 aliphatic rings. The summed E-state index contributed by atoms with van der Waals surface area (Å²) in [6.45, 7) is 5.32. The lowest BCUT2D eigenvalue weighted by atomic mass is 10.3. The van der Waals surface area contributed by atoms with Gasteiger partial charge in [0.1, 0.15) is 11.5 Å². The molecule has 0 N–H and O–H groups in total. The number of benzene rings is 1. The lowest BCUT2D eigenvalue weighted by molar-refractivity contribution is -0.275. The summed E-state index contributed by atoms with van der Waals surface area (Å²) in [6, 6.07) is 7.47. The molecule has 17 heavy (non-hydrogen) atoms. The van der Waals surface area contributed by atoms with Crippen LogP contribution in [-0.4, -0.2) is 18.4 Å². The number of rotatable bonds is 5. The van der Waals surface area contributed by atoms with Crippen molar-refractivity contribution in [1.29, 1.82) is 0 Å². The fourth-order valence-corrected chi connectivity index (χ4v) is 1.53. The van der Waals surface area contributed by atoms with Crippen LogP contribution >= 0.6 is 0 Å². The highest BCUT2D eigenvalue weighted by Gasteiger charge is 2.15. The molecule has 0 saturated carbocycles. The maximum absolute atomic E-state index is 5.54. The SMILES string of the molecule is CCOc1ccc(ON2CC=C(CC)O2)cc1. The standard InChI is InChI=1S/C13H17NO3/c1-3-11-9-10-14(16-11)17-13-7-5-12(6-8-13)15-4-2/h5-9H,3-4,10H2,1-2H3. The summed E-state index contributed by atoms with van der Waals surface area (Å²) >= 11 is 0. The minimum Gasteiger partial charge on any atom is -0.494 e. The van der Waals surface area contributed by atoms with Crippen molar-refractivity contribution in [2.45, 2.75) is 20.3 Å². The van der Waals surface area contributed by atoms with E-state index in [4.69, 9.17) is 14.4 Å². The van der Waals surface area contributed by atoms with E-state index in [1.165, 1.54) is 5.23 Å². The first-order valence-corrected chi connectivity index (χ1v) is 5.87. The van der Waals surface area contributed by atoms with Crippen LogP contribution in [0.1, 0.15) is 20.3 Å². The van der Waals surface area contributed by atoms with Crippen LogP contribution in [0.3, 0.4) is 0 Å². The minimum absolute atomic E-state index is 0.649. The van der Waals surface area contributed by atoms with Crippen molar-refractivity contribution >= 4 is 0 Å². The van der Waals surface area contributed by atoms with Gasteiger partial charge in [0.25, 0.3) is 0 Å². The second-order valence-corrected chi connectivity index (χ2v) is 3.63. The van der Waals surface area contributed by atoms with Gasteiger partial charge in [0.15, 0.2) is 5.75 Å². The van der Waals surface area contributed by atoms with Crippen LogP contribution < -0.4 is 9.57 Å². The average molecular weight is 235 g/mol. The Morgan fingerprint density at radius 1 is 1.18 bits per heavy atom. The second-order valence-electron chi connectivity index (χ2n) is 3.63. The Hall–Kier alpha value is -1.68. The highest BCUT2D eigenvalue weighted by Crippen LogP contribution is 2.21. The molecule has 0 spiro atoms. The van der Waals surface area contributed by atoms with Gasteiger partial charge in [-0.15, -0.1) is 0 Å². The van der Waals surface area contributed by atoms with Gasteiger partial charge in [-0.1, -0.05) is 6.92 Å². The van der Waals surface area contributed by atoms with E-state index in [0.717, 1.165) is 23.7 Å². The summed E-state index contributed by atoms with van der Waals surface area (Å²) in [5.74, 6) is 2.52. The molecule has 0 aromatic heterocycles. The first kappa shape index (κ1) is 11.8. The topological polar surface area (TPSA) is 30.9 Å². The van der Waals surface area contributed by atoms with Crippen molar-refractivity contribution in [1.82, 2.24) is 5.23 Å². The van der Waals surface area contributed by atoms with Crippen LogP contribution in [0.5, 0.6) is 11.5 Å². The van der Waals surface area contributed by atoms with Crippen LogP contribution in [0.4, 0.5) is 0 Å². The molecule has 4 nitrogen and oxygen atoms in total. The highest BCUT2D eigenvalue weighted by molar-refractivity contribution is 5.31. The molecule has 2 rings (SSSR count). The van der Waals surface area contributed by atoms with Crippen LogP contribution in [0.25, 0.3) is 0 Å². The van der Waals surface area contributed by atoms with Gasteiger partial charge in [0, 0.05) is 11.6 Å². The van der Waals surface area contributed by atoms with Gasteiger partial charge < -0.3 is 14.4 Å². The summed E-state index contributed by atoms with van der Waals surface area (Å²) in [5.41, 5.74) is 0. The Balaban J connectivity index is 1.87. The predicted octanol–water partition coefficient (Wildman–Crippen LogP) is 2.92. The Kier molecular flexibility index (Phi) is 3.88. The third-order valence-electron chi connectivity index (χ3n) is 2.38. The zero-order valence-electron chi connectivity index (χ0n) is 10.2. The Bertz CT molecular complexity index is 386. The van der Waals surface area contributed by atoms with Gasteiger partial charge in [0.05, 0.1) is 13.2 Å². The molecule has 0 bridgehead atoms. The van der Waals surface area contributed by atoms with Crippen LogP contribution in [0.2, 0.25) is 0 Å². The monoisotopic (exact) mass is 235 g/mol. The molecule has 0 fully saturated rings. The fourth-order valence-electron chi connectivity index (χ4n) is 1.53. The Labute approximate surface area is 101 Å². The summed E-state index contributed by atoms with van der Waals surface area (Å²) in [5, 5.41) is 1.47. The van der Waals surface area contributed by atoms with Crippen molar-refractivity contribution < 1.29 is 14.4 Å². The first-order chi connectivity index (χ1) is 8.31.